The fourth-order valence-corrected chi connectivity index (χ4v) is 3.64. The van der Waals surface area contributed by atoms with Crippen molar-refractivity contribution in [1.82, 2.24) is 19.7 Å². The lowest BCUT2D eigenvalue weighted by molar-refractivity contribution is 0.0361. The Bertz CT molecular complexity index is 670. The van der Waals surface area contributed by atoms with Crippen molar-refractivity contribution in [2.24, 2.45) is 0 Å². The number of hydrogen-bond donors (Lipinski definition) is 0. The van der Waals surface area contributed by atoms with Crippen molar-refractivity contribution in [3.63, 3.8) is 0 Å². The predicted octanol–water partition coefficient (Wildman–Crippen LogP) is 3.31. The molecule has 0 bridgehead atoms. The molecule has 0 spiro atoms. The van der Waals surface area contributed by atoms with Crippen molar-refractivity contribution >= 4 is 11.8 Å². The topological polar surface area (TPSA) is 43.2 Å². The number of ether oxygens (including phenoxy) is 1. The summed E-state index contributed by atoms with van der Waals surface area (Å²) in [7, 11) is 0. The smallest absolute Gasteiger partial charge is 0.191 e. The van der Waals surface area contributed by atoms with Crippen LogP contribution in [0.4, 0.5) is 4.39 Å². The lowest BCUT2D eigenvalue weighted by Crippen LogP contribution is -2.38. The minimum absolute atomic E-state index is 0.239. The molecule has 1 atom stereocenters. The van der Waals surface area contributed by atoms with Crippen LogP contribution < -0.4 is 0 Å². The van der Waals surface area contributed by atoms with Crippen molar-refractivity contribution in [1.29, 1.82) is 0 Å². The van der Waals surface area contributed by atoms with Crippen LogP contribution in [0.2, 0.25) is 0 Å². The number of morpholine rings is 1. The summed E-state index contributed by atoms with van der Waals surface area (Å²) in [6.07, 6.45) is 1.08. The summed E-state index contributed by atoms with van der Waals surface area (Å²) in [5.74, 6) is 0.566. The average molecular weight is 364 g/mol. The van der Waals surface area contributed by atoms with Gasteiger partial charge in [-0.05, 0) is 30.7 Å². The zero-order valence-corrected chi connectivity index (χ0v) is 15.6. The first-order valence-corrected chi connectivity index (χ1v) is 9.71. The molecule has 0 radical (unpaired) electrons. The van der Waals surface area contributed by atoms with E-state index in [-0.39, 0.29) is 5.82 Å². The van der Waals surface area contributed by atoms with Crippen molar-refractivity contribution in [3.8, 4) is 11.4 Å². The fraction of sp³-hybridized carbons (Fsp3) is 0.556. The van der Waals surface area contributed by atoms with Crippen LogP contribution in [0.1, 0.15) is 20.3 Å². The molecule has 0 saturated carbocycles. The van der Waals surface area contributed by atoms with Gasteiger partial charge in [-0.2, -0.15) is 0 Å². The molecule has 1 aliphatic heterocycles. The van der Waals surface area contributed by atoms with E-state index in [0.717, 1.165) is 62.4 Å². The highest BCUT2D eigenvalue weighted by Gasteiger charge is 2.18. The first-order chi connectivity index (χ1) is 12.2. The Labute approximate surface area is 152 Å². The monoisotopic (exact) mass is 364 g/mol. The zero-order valence-electron chi connectivity index (χ0n) is 14.8. The second kappa shape index (κ2) is 8.78. The van der Waals surface area contributed by atoms with Crippen LogP contribution in [-0.2, 0) is 11.3 Å². The molecular weight excluding hydrogens is 339 g/mol. The first kappa shape index (κ1) is 18.4. The Balaban J connectivity index is 1.82. The van der Waals surface area contributed by atoms with Crippen LogP contribution in [0, 0.1) is 5.82 Å². The number of rotatable bonds is 7. The van der Waals surface area contributed by atoms with Gasteiger partial charge in [-0.3, -0.25) is 4.90 Å². The van der Waals surface area contributed by atoms with Gasteiger partial charge in [-0.1, -0.05) is 25.6 Å². The minimum Gasteiger partial charge on any atom is -0.379 e. The van der Waals surface area contributed by atoms with Gasteiger partial charge in [0.15, 0.2) is 11.0 Å². The highest BCUT2D eigenvalue weighted by atomic mass is 32.2. The molecule has 0 N–H and O–H groups in total. The number of nitrogens with zero attached hydrogens (tertiary/aromatic N) is 4. The van der Waals surface area contributed by atoms with Gasteiger partial charge < -0.3 is 9.30 Å². The molecule has 3 rings (SSSR count). The maximum Gasteiger partial charge on any atom is 0.191 e. The molecule has 1 aromatic heterocycles. The van der Waals surface area contributed by atoms with Crippen molar-refractivity contribution < 1.29 is 9.13 Å². The summed E-state index contributed by atoms with van der Waals surface area (Å²) in [6, 6.07) is 6.47. The Morgan fingerprint density at radius 3 is 2.56 bits per heavy atom. The second-order valence-electron chi connectivity index (χ2n) is 6.26. The molecule has 2 aromatic rings. The molecular formula is C18H25FN4OS. The third-order valence-corrected chi connectivity index (χ3v) is 5.69. The van der Waals surface area contributed by atoms with Gasteiger partial charge in [-0.25, -0.2) is 4.39 Å². The largest absolute Gasteiger partial charge is 0.379 e. The van der Waals surface area contributed by atoms with E-state index >= 15 is 0 Å². The average Bonchev–Trinajstić information content (AvgIpc) is 3.03. The van der Waals surface area contributed by atoms with E-state index in [0.29, 0.717) is 5.25 Å². The molecule has 25 heavy (non-hydrogen) atoms. The molecule has 1 aliphatic rings. The molecule has 136 valence electrons. The summed E-state index contributed by atoms with van der Waals surface area (Å²) in [6.45, 7) is 9.63. The van der Waals surface area contributed by atoms with Crippen molar-refractivity contribution in [3.05, 3.63) is 30.1 Å². The molecule has 2 heterocycles. The number of thioether (sulfide) groups is 1. The summed E-state index contributed by atoms with van der Waals surface area (Å²) in [5, 5.41) is 10.2. The molecule has 0 aliphatic carbocycles. The lowest BCUT2D eigenvalue weighted by atomic mass is 10.2. The number of aromatic nitrogens is 3. The summed E-state index contributed by atoms with van der Waals surface area (Å²) >= 11 is 1.75. The molecule has 1 fully saturated rings. The lowest BCUT2D eigenvalue weighted by Gasteiger charge is -2.27. The van der Waals surface area contributed by atoms with E-state index in [4.69, 9.17) is 4.74 Å². The zero-order chi connectivity index (χ0) is 17.6. The van der Waals surface area contributed by atoms with Gasteiger partial charge in [0.25, 0.3) is 0 Å². The Morgan fingerprint density at radius 1 is 1.16 bits per heavy atom. The summed E-state index contributed by atoms with van der Waals surface area (Å²) in [4.78, 5) is 2.40. The molecule has 1 aromatic carbocycles. The Hall–Kier alpha value is -1.44. The highest BCUT2D eigenvalue weighted by molar-refractivity contribution is 7.99. The van der Waals surface area contributed by atoms with Crippen LogP contribution in [0.3, 0.4) is 0 Å². The Kier molecular flexibility index (Phi) is 6.45. The van der Waals surface area contributed by atoms with Gasteiger partial charge >= 0.3 is 0 Å². The van der Waals surface area contributed by atoms with Crippen molar-refractivity contribution in [2.75, 3.05) is 32.8 Å². The maximum absolute atomic E-state index is 13.3. The number of benzene rings is 1. The van der Waals surface area contributed by atoms with E-state index in [2.05, 4.69) is 33.5 Å². The number of halogens is 1. The predicted molar refractivity (Wildman–Crippen MR) is 98.3 cm³/mol. The molecule has 7 heteroatoms. The SMILES string of the molecule is CCC(C)Sc1nnc(-c2ccc(F)cc2)n1CCN1CCOCC1. The molecule has 5 nitrogen and oxygen atoms in total. The highest BCUT2D eigenvalue weighted by Crippen LogP contribution is 2.28. The molecule has 1 saturated heterocycles. The fourth-order valence-electron chi connectivity index (χ4n) is 2.72. The van der Waals surface area contributed by atoms with Gasteiger partial charge in [0, 0.05) is 37.0 Å². The van der Waals surface area contributed by atoms with Gasteiger partial charge in [0.1, 0.15) is 5.82 Å². The first-order valence-electron chi connectivity index (χ1n) is 8.83. The molecule has 1 unspecified atom stereocenters. The van der Waals surface area contributed by atoms with E-state index < -0.39 is 0 Å². The van der Waals surface area contributed by atoms with Gasteiger partial charge in [0.05, 0.1) is 13.2 Å². The summed E-state index contributed by atoms with van der Waals surface area (Å²) in [5.41, 5.74) is 0.895. The quantitative estimate of drug-likeness (QED) is 0.705. The minimum atomic E-state index is -0.239. The van der Waals surface area contributed by atoms with E-state index in [1.165, 1.54) is 12.1 Å². The van der Waals surface area contributed by atoms with Crippen LogP contribution in [-0.4, -0.2) is 57.8 Å². The van der Waals surface area contributed by atoms with Crippen LogP contribution in [0.25, 0.3) is 11.4 Å². The second-order valence-corrected chi connectivity index (χ2v) is 7.66. The maximum atomic E-state index is 13.3. The summed E-state index contributed by atoms with van der Waals surface area (Å²) < 4.78 is 20.8. The van der Waals surface area contributed by atoms with Gasteiger partial charge in [-0.15, -0.1) is 10.2 Å². The third kappa shape index (κ3) is 4.80. The van der Waals surface area contributed by atoms with Crippen molar-refractivity contribution in [2.45, 2.75) is 37.2 Å². The normalized spacial score (nSPS) is 16.9. The van der Waals surface area contributed by atoms with E-state index in [1.54, 1.807) is 23.9 Å². The Morgan fingerprint density at radius 2 is 1.88 bits per heavy atom. The van der Waals surface area contributed by atoms with E-state index in [1.807, 2.05) is 0 Å². The van der Waals surface area contributed by atoms with Crippen LogP contribution >= 0.6 is 11.8 Å². The van der Waals surface area contributed by atoms with Crippen LogP contribution in [0.5, 0.6) is 0 Å². The standard InChI is InChI=1S/C18H25FN4OS/c1-3-14(2)25-18-21-20-17(15-4-6-16(19)7-5-15)23(18)9-8-22-10-12-24-13-11-22/h4-7,14H,3,8-13H2,1-2H3. The van der Waals surface area contributed by atoms with E-state index in [9.17, 15) is 4.39 Å². The third-order valence-electron chi connectivity index (χ3n) is 4.44. The van der Waals surface area contributed by atoms with Crippen LogP contribution in [0.15, 0.2) is 29.4 Å². The molecule has 0 amide bonds. The van der Waals surface area contributed by atoms with Gasteiger partial charge in [0.2, 0.25) is 0 Å². The number of hydrogen-bond acceptors (Lipinski definition) is 5.